The van der Waals surface area contributed by atoms with Crippen LogP contribution in [0.1, 0.15) is 65.7 Å². The van der Waals surface area contributed by atoms with Crippen molar-refractivity contribution in [2.45, 2.75) is 71.3 Å². The fourth-order valence-electron chi connectivity index (χ4n) is 4.53. The average molecular weight is 511 g/mol. The van der Waals surface area contributed by atoms with Crippen LogP contribution in [0.25, 0.3) is 0 Å². The molecule has 0 radical (unpaired) electrons. The van der Waals surface area contributed by atoms with Crippen molar-refractivity contribution in [1.29, 1.82) is 0 Å². The SMILES string of the molecule is CCNC(=NCC(CC)(CC)CCO)NCC1(N2CCCC2)CCOCC1.I. The van der Waals surface area contributed by atoms with E-state index in [-0.39, 0.29) is 41.5 Å². The molecule has 2 heterocycles. The van der Waals surface area contributed by atoms with Crippen molar-refractivity contribution in [3.05, 3.63) is 0 Å². The standard InChI is InChI=1S/C21H42N4O2.HI/c1-4-20(5-2,9-14-26)17-23-19(22-6-3)24-18-21(10-15-27-16-11-21)25-12-7-8-13-25;/h26H,4-18H2,1-3H3,(H2,22,23,24);1H. The first-order valence-electron chi connectivity index (χ1n) is 11.1. The highest BCUT2D eigenvalue weighted by Crippen LogP contribution is 2.32. The zero-order valence-electron chi connectivity index (χ0n) is 18.3. The summed E-state index contributed by atoms with van der Waals surface area (Å²) in [7, 11) is 0. The van der Waals surface area contributed by atoms with Gasteiger partial charge in [0.15, 0.2) is 5.96 Å². The molecule has 7 heteroatoms. The van der Waals surface area contributed by atoms with Gasteiger partial charge in [-0.25, -0.2) is 0 Å². The summed E-state index contributed by atoms with van der Waals surface area (Å²) < 4.78 is 5.66. The molecule has 2 aliphatic heterocycles. The summed E-state index contributed by atoms with van der Waals surface area (Å²) in [6, 6.07) is 0. The highest BCUT2D eigenvalue weighted by molar-refractivity contribution is 14.0. The maximum absolute atomic E-state index is 9.46. The van der Waals surface area contributed by atoms with Gasteiger partial charge in [-0.05, 0) is 70.4 Å². The number of hydrogen-bond acceptors (Lipinski definition) is 4. The predicted molar refractivity (Wildman–Crippen MR) is 128 cm³/mol. The zero-order valence-corrected chi connectivity index (χ0v) is 20.6. The Morgan fingerprint density at radius 3 is 2.29 bits per heavy atom. The van der Waals surface area contributed by atoms with E-state index in [1.807, 2.05) is 0 Å². The lowest BCUT2D eigenvalue weighted by molar-refractivity contribution is -0.0164. The third-order valence-electron chi connectivity index (χ3n) is 6.84. The summed E-state index contributed by atoms with van der Waals surface area (Å²) in [6.07, 6.45) is 7.72. The van der Waals surface area contributed by atoms with Crippen LogP contribution in [0.15, 0.2) is 4.99 Å². The Hall–Kier alpha value is -0.120. The highest BCUT2D eigenvalue weighted by Gasteiger charge is 2.39. The number of halogens is 1. The Morgan fingerprint density at radius 1 is 1.11 bits per heavy atom. The first kappa shape index (κ1) is 25.9. The number of hydrogen-bond donors (Lipinski definition) is 3. The van der Waals surface area contributed by atoms with Gasteiger partial charge in [0.05, 0.1) is 0 Å². The summed E-state index contributed by atoms with van der Waals surface area (Å²) in [5.74, 6) is 0.909. The minimum atomic E-state index is 0. The molecule has 2 aliphatic rings. The second kappa shape index (κ2) is 13.2. The van der Waals surface area contributed by atoms with E-state index in [1.54, 1.807) is 0 Å². The topological polar surface area (TPSA) is 69.1 Å². The molecular formula is C21H43IN4O2. The minimum absolute atomic E-state index is 0. The molecule has 3 N–H and O–H groups in total. The predicted octanol–water partition coefficient (Wildman–Crippen LogP) is 2.99. The van der Waals surface area contributed by atoms with Crippen molar-refractivity contribution in [1.82, 2.24) is 15.5 Å². The molecule has 0 spiro atoms. The monoisotopic (exact) mass is 510 g/mol. The van der Waals surface area contributed by atoms with Crippen molar-refractivity contribution in [2.24, 2.45) is 10.4 Å². The first-order valence-corrected chi connectivity index (χ1v) is 11.1. The van der Waals surface area contributed by atoms with E-state index in [0.29, 0.717) is 0 Å². The van der Waals surface area contributed by atoms with E-state index in [0.717, 1.165) is 70.9 Å². The molecule has 28 heavy (non-hydrogen) atoms. The smallest absolute Gasteiger partial charge is 0.191 e. The molecular weight excluding hydrogens is 467 g/mol. The molecule has 0 bridgehead atoms. The summed E-state index contributed by atoms with van der Waals surface area (Å²) in [5, 5.41) is 16.5. The quantitative estimate of drug-likeness (QED) is 0.240. The van der Waals surface area contributed by atoms with Gasteiger partial charge in [0.2, 0.25) is 0 Å². The van der Waals surface area contributed by atoms with Gasteiger partial charge < -0.3 is 20.5 Å². The molecule has 166 valence electrons. The molecule has 2 rings (SSSR count). The van der Waals surface area contributed by atoms with E-state index >= 15 is 0 Å². The van der Waals surface area contributed by atoms with Crippen molar-refractivity contribution in [3.8, 4) is 0 Å². The largest absolute Gasteiger partial charge is 0.396 e. The lowest BCUT2D eigenvalue weighted by Gasteiger charge is -2.45. The number of aliphatic hydroxyl groups excluding tert-OH is 1. The van der Waals surface area contributed by atoms with Crippen LogP contribution >= 0.6 is 24.0 Å². The van der Waals surface area contributed by atoms with Gasteiger partial charge in [-0.2, -0.15) is 0 Å². The number of likely N-dealkylation sites (tertiary alicyclic amines) is 1. The normalized spacial score (nSPS) is 20.6. The third-order valence-corrected chi connectivity index (χ3v) is 6.84. The molecule has 2 fully saturated rings. The van der Waals surface area contributed by atoms with Crippen LogP contribution in [-0.4, -0.2) is 74.0 Å². The van der Waals surface area contributed by atoms with Gasteiger partial charge in [-0.15, -0.1) is 24.0 Å². The number of nitrogens with one attached hydrogen (secondary N) is 2. The molecule has 0 unspecified atom stereocenters. The summed E-state index contributed by atoms with van der Waals surface area (Å²) in [5.41, 5.74) is 0.297. The van der Waals surface area contributed by atoms with Crippen LogP contribution in [0.3, 0.4) is 0 Å². The maximum Gasteiger partial charge on any atom is 0.191 e. The van der Waals surface area contributed by atoms with Gasteiger partial charge in [0, 0.05) is 45.0 Å². The first-order chi connectivity index (χ1) is 13.1. The number of aliphatic imine (C=N–C) groups is 1. The van der Waals surface area contributed by atoms with Crippen molar-refractivity contribution in [2.75, 3.05) is 52.5 Å². The number of rotatable bonds is 10. The number of ether oxygens (including phenoxy) is 1. The third kappa shape index (κ3) is 6.99. The summed E-state index contributed by atoms with van der Waals surface area (Å²) >= 11 is 0. The Balaban J connectivity index is 0.00000392. The number of nitrogens with zero attached hydrogens (tertiary/aromatic N) is 2. The molecule has 0 saturated carbocycles. The van der Waals surface area contributed by atoms with Gasteiger partial charge in [0.25, 0.3) is 0 Å². The minimum Gasteiger partial charge on any atom is -0.396 e. The summed E-state index contributed by atoms with van der Waals surface area (Å²) in [6.45, 7) is 13.4. The maximum atomic E-state index is 9.46. The molecule has 2 saturated heterocycles. The van der Waals surface area contributed by atoms with Crippen molar-refractivity contribution >= 4 is 29.9 Å². The molecule has 6 nitrogen and oxygen atoms in total. The summed E-state index contributed by atoms with van der Waals surface area (Å²) in [4.78, 5) is 7.60. The molecule has 0 atom stereocenters. The van der Waals surface area contributed by atoms with Gasteiger partial charge in [-0.3, -0.25) is 9.89 Å². The van der Waals surface area contributed by atoms with Crippen LogP contribution in [0.2, 0.25) is 0 Å². The molecule has 0 aromatic carbocycles. The number of aliphatic hydroxyl groups is 1. The molecule has 0 amide bonds. The van der Waals surface area contributed by atoms with E-state index in [1.165, 1.54) is 25.9 Å². The lowest BCUT2D eigenvalue weighted by atomic mass is 9.79. The average Bonchev–Trinajstić information content (AvgIpc) is 3.25. The number of guanidine groups is 1. The van der Waals surface area contributed by atoms with Crippen LogP contribution in [0, 0.1) is 5.41 Å². The second-order valence-corrected chi connectivity index (χ2v) is 8.26. The van der Waals surface area contributed by atoms with Crippen LogP contribution in [0.4, 0.5) is 0 Å². The Morgan fingerprint density at radius 2 is 1.75 bits per heavy atom. The molecule has 0 aromatic rings. The Bertz CT molecular complexity index is 446. The lowest BCUT2D eigenvalue weighted by Crippen LogP contribution is -2.58. The Labute approximate surface area is 189 Å². The molecule has 0 aromatic heterocycles. The zero-order chi connectivity index (χ0) is 19.6. The Kier molecular flexibility index (Phi) is 12.3. The van der Waals surface area contributed by atoms with E-state index in [4.69, 9.17) is 9.73 Å². The van der Waals surface area contributed by atoms with Crippen LogP contribution < -0.4 is 10.6 Å². The highest BCUT2D eigenvalue weighted by atomic mass is 127. The van der Waals surface area contributed by atoms with E-state index in [2.05, 4.69) is 36.3 Å². The fourth-order valence-corrected chi connectivity index (χ4v) is 4.53. The van der Waals surface area contributed by atoms with Crippen molar-refractivity contribution < 1.29 is 9.84 Å². The van der Waals surface area contributed by atoms with Gasteiger partial charge in [0.1, 0.15) is 0 Å². The van der Waals surface area contributed by atoms with Crippen LogP contribution in [0.5, 0.6) is 0 Å². The van der Waals surface area contributed by atoms with Gasteiger partial charge >= 0.3 is 0 Å². The van der Waals surface area contributed by atoms with Crippen LogP contribution in [-0.2, 0) is 4.74 Å². The van der Waals surface area contributed by atoms with Gasteiger partial charge in [-0.1, -0.05) is 13.8 Å². The van der Waals surface area contributed by atoms with E-state index in [9.17, 15) is 5.11 Å². The van der Waals surface area contributed by atoms with E-state index < -0.39 is 0 Å². The fraction of sp³-hybridized carbons (Fsp3) is 0.952. The van der Waals surface area contributed by atoms with Crippen molar-refractivity contribution in [3.63, 3.8) is 0 Å². The molecule has 0 aliphatic carbocycles. The second-order valence-electron chi connectivity index (χ2n) is 8.26.